The number of rotatable bonds is 2. The van der Waals surface area contributed by atoms with Gasteiger partial charge in [0.15, 0.2) is 0 Å². The van der Waals surface area contributed by atoms with Gasteiger partial charge in [0.2, 0.25) is 0 Å². The summed E-state index contributed by atoms with van der Waals surface area (Å²) in [5.41, 5.74) is 0.593. The summed E-state index contributed by atoms with van der Waals surface area (Å²) >= 11 is 0. The van der Waals surface area contributed by atoms with E-state index in [-0.39, 0.29) is 12.0 Å². The molecule has 0 spiro atoms. The van der Waals surface area contributed by atoms with Crippen LogP contribution in [-0.4, -0.2) is 49.2 Å². The number of ether oxygens (including phenoxy) is 3. The molecule has 2 fully saturated rings. The standard InChI is InChI=1S/C17H26O5/c1-10-6-7-12-11(2)16(19)22-14(12)15(18)17(3,21-5)9-8-13(10)20-4/h12-15,18H,1-2,6-9H2,3-5H3/t12-,13+,14-,15-,17+/m0/s1. The first-order chi connectivity index (χ1) is 10.3. The summed E-state index contributed by atoms with van der Waals surface area (Å²) in [6.07, 6.45) is 1.05. The second kappa shape index (κ2) is 6.52. The molecule has 2 rings (SSSR count). The summed E-state index contributed by atoms with van der Waals surface area (Å²) < 4.78 is 16.5. The Bertz CT molecular complexity index is 472. The number of aliphatic hydroxyl groups is 1. The number of hydrogen-bond donors (Lipinski definition) is 1. The SMILES string of the molecule is C=C1CC[C@H]2C(=C)C(=O)O[C@@H]2[C@H](O)[C@](C)(OC)CC[C@H]1OC. The zero-order valence-corrected chi connectivity index (χ0v) is 13.6. The maximum Gasteiger partial charge on any atom is 0.334 e. The van der Waals surface area contributed by atoms with Gasteiger partial charge >= 0.3 is 5.97 Å². The predicted octanol–water partition coefficient (Wildman–Crippen LogP) is 2.00. The van der Waals surface area contributed by atoms with Crippen LogP contribution >= 0.6 is 0 Å². The van der Waals surface area contributed by atoms with Gasteiger partial charge in [-0.1, -0.05) is 13.2 Å². The molecular formula is C17H26O5. The van der Waals surface area contributed by atoms with E-state index in [0.717, 1.165) is 5.57 Å². The average molecular weight is 310 g/mol. The molecule has 1 heterocycles. The highest BCUT2D eigenvalue weighted by atomic mass is 16.6. The minimum absolute atomic E-state index is 0.0792. The second-order valence-corrected chi connectivity index (χ2v) is 6.42. The summed E-state index contributed by atoms with van der Waals surface area (Å²) in [4.78, 5) is 11.9. The van der Waals surface area contributed by atoms with Crippen molar-refractivity contribution in [3.8, 4) is 0 Å². The van der Waals surface area contributed by atoms with Crippen LogP contribution < -0.4 is 0 Å². The highest BCUT2D eigenvalue weighted by Crippen LogP contribution is 2.40. The van der Waals surface area contributed by atoms with Crippen molar-refractivity contribution in [2.75, 3.05) is 14.2 Å². The molecule has 1 aliphatic heterocycles. The Morgan fingerprint density at radius 3 is 2.59 bits per heavy atom. The van der Waals surface area contributed by atoms with E-state index in [0.29, 0.717) is 31.3 Å². The fraction of sp³-hybridized carbons (Fsp3) is 0.706. The van der Waals surface area contributed by atoms with E-state index in [9.17, 15) is 9.90 Å². The first-order valence-electron chi connectivity index (χ1n) is 7.67. The Hall–Kier alpha value is -1.17. The van der Waals surface area contributed by atoms with Gasteiger partial charge in [-0.3, -0.25) is 0 Å². The third-order valence-electron chi connectivity index (χ3n) is 5.17. The minimum Gasteiger partial charge on any atom is -0.455 e. The van der Waals surface area contributed by atoms with Crippen molar-refractivity contribution in [2.24, 2.45) is 5.92 Å². The summed E-state index contributed by atoms with van der Waals surface area (Å²) in [6, 6.07) is 0. The van der Waals surface area contributed by atoms with E-state index in [1.54, 1.807) is 14.2 Å². The summed E-state index contributed by atoms with van der Waals surface area (Å²) in [5.74, 6) is -0.648. The van der Waals surface area contributed by atoms with Gasteiger partial charge in [0.25, 0.3) is 0 Å². The van der Waals surface area contributed by atoms with Crippen LogP contribution in [0.25, 0.3) is 0 Å². The van der Waals surface area contributed by atoms with Gasteiger partial charge in [-0.25, -0.2) is 4.79 Å². The van der Waals surface area contributed by atoms with Crippen molar-refractivity contribution in [3.63, 3.8) is 0 Å². The molecule has 1 aliphatic carbocycles. The van der Waals surface area contributed by atoms with Gasteiger partial charge in [-0.15, -0.1) is 0 Å². The number of methoxy groups -OCH3 is 2. The Morgan fingerprint density at radius 1 is 1.32 bits per heavy atom. The Morgan fingerprint density at radius 2 is 2.00 bits per heavy atom. The van der Waals surface area contributed by atoms with Crippen molar-refractivity contribution >= 4 is 5.97 Å². The van der Waals surface area contributed by atoms with Crippen LogP contribution in [0.1, 0.15) is 32.6 Å². The monoisotopic (exact) mass is 310 g/mol. The number of carbonyl (C=O) groups excluding carboxylic acids is 1. The van der Waals surface area contributed by atoms with Crippen molar-refractivity contribution in [3.05, 3.63) is 24.3 Å². The van der Waals surface area contributed by atoms with E-state index in [4.69, 9.17) is 14.2 Å². The molecule has 22 heavy (non-hydrogen) atoms. The fourth-order valence-corrected chi connectivity index (χ4v) is 3.38. The molecule has 5 heteroatoms. The van der Waals surface area contributed by atoms with Crippen molar-refractivity contribution in [2.45, 2.75) is 56.5 Å². The fourth-order valence-electron chi connectivity index (χ4n) is 3.38. The smallest absolute Gasteiger partial charge is 0.334 e. The normalized spacial score (nSPS) is 40.3. The molecule has 0 aromatic rings. The zero-order valence-electron chi connectivity index (χ0n) is 13.6. The molecule has 5 nitrogen and oxygen atoms in total. The second-order valence-electron chi connectivity index (χ2n) is 6.42. The number of carbonyl (C=O) groups is 1. The summed E-state index contributed by atoms with van der Waals surface area (Å²) in [5, 5.41) is 10.8. The van der Waals surface area contributed by atoms with E-state index >= 15 is 0 Å². The van der Waals surface area contributed by atoms with Crippen LogP contribution in [0.15, 0.2) is 24.3 Å². The van der Waals surface area contributed by atoms with E-state index < -0.39 is 23.8 Å². The largest absolute Gasteiger partial charge is 0.455 e. The maximum atomic E-state index is 11.9. The molecule has 1 N–H and O–H groups in total. The van der Waals surface area contributed by atoms with Gasteiger partial charge in [0.05, 0.1) is 11.7 Å². The number of aliphatic hydroxyl groups excluding tert-OH is 1. The molecule has 0 aromatic carbocycles. The van der Waals surface area contributed by atoms with Crippen LogP contribution in [0.4, 0.5) is 0 Å². The lowest BCUT2D eigenvalue weighted by molar-refractivity contribution is -0.167. The first kappa shape index (κ1) is 17.2. The van der Waals surface area contributed by atoms with Crippen LogP contribution in [0.2, 0.25) is 0 Å². The molecule has 124 valence electrons. The molecule has 1 saturated heterocycles. The highest BCUT2D eigenvalue weighted by Gasteiger charge is 2.49. The number of hydrogen-bond acceptors (Lipinski definition) is 5. The lowest BCUT2D eigenvalue weighted by atomic mass is 9.78. The molecule has 1 saturated carbocycles. The molecule has 0 radical (unpaired) electrons. The van der Waals surface area contributed by atoms with Crippen LogP contribution in [0, 0.1) is 5.92 Å². The maximum absolute atomic E-state index is 11.9. The van der Waals surface area contributed by atoms with Gasteiger partial charge in [-0.2, -0.15) is 0 Å². The van der Waals surface area contributed by atoms with Gasteiger partial charge in [-0.05, 0) is 38.2 Å². The summed E-state index contributed by atoms with van der Waals surface area (Å²) in [6.45, 7) is 9.77. The topological polar surface area (TPSA) is 65.0 Å². The summed E-state index contributed by atoms with van der Waals surface area (Å²) in [7, 11) is 3.22. The van der Waals surface area contributed by atoms with Gasteiger partial charge in [0, 0.05) is 25.7 Å². The number of fused-ring (bicyclic) bond motifs is 1. The van der Waals surface area contributed by atoms with E-state index in [2.05, 4.69) is 13.2 Å². The Kier molecular flexibility index (Phi) is 5.10. The quantitative estimate of drug-likeness (QED) is 0.480. The number of esters is 1. The van der Waals surface area contributed by atoms with Crippen molar-refractivity contribution in [1.29, 1.82) is 0 Å². The molecule has 0 unspecified atom stereocenters. The molecule has 5 atom stereocenters. The zero-order chi connectivity index (χ0) is 16.5. The van der Waals surface area contributed by atoms with Gasteiger partial charge < -0.3 is 19.3 Å². The average Bonchev–Trinajstić information content (AvgIpc) is 2.79. The van der Waals surface area contributed by atoms with Crippen molar-refractivity contribution in [1.82, 2.24) is 0 Å². The Balaban J connectivity index is 2.33. The first-order valence-corrected chi connectivity index (χ1v) is 7.67. The van der Waals surface area contributed by atoms with E-state index in [1.165, 1.54) is 0 Å². The Labute approximate surface area is 131 Å². The molecular weight excluding hydrogens is 284 g/mol. The van der Waals surface area contributed by atoms with Gasteiger partial charge in [0.1, 0.15) is 12.2 Å². The van der Waals surface area contributed by atoms with Crippen LogP contribution in [0.3, 0.4) is 0 Å². The lowest BCUT2D eigenvalue weighted by Crippen LogP contribution is -2.51. The molecule has 0 amide bonds. The molecule has 0 aromatic heterocycles. The van der Waals surface area contributed by atoms with E-state index in [1.807, 2.05) is 6.92 Å². The third-order valence-corrected chi connectivity index (χ3v) is 5.17. The lowest BCUT2D eigenvalue weighted by Gasteiger charge is -2.39. The van der Waals surface area contributed by atoms with Crippen LogP contribution in [0.5, 0.6) is 0 Å². The molecule has 2 aliphatic rings. The predicted molar refractivity (Wildman–Crippen MR) is 82.3 cm³/mol. The molecule has 0 bridgehead atoms. The van der Waals surface area contributed by atoms with Crippen LogP contribution in [-0.2, 0) is 19.0 Å². The third kappa shape index (κ3) is 2.98. The minimum atomic E-state index is -0.908. The van der Waals surface area contributed by atoms with Crippen molar-refractivity contribution < 1.29 is 24.1 Å². The highest BCUT2D eigenvalue weighted by molar-refractivity contribution is 5.90.